The van der Waals surface area contributed by atoms with Crippen molar-refractivity contribution in [2.24, 2.45) is 0 Å². The van der Waals surface area contributed by atoms with Gasteiger partial charge in [-0.3, -0.25) is 0 Å². The Labute approximate surface area is 76.0 Å². The Morgan fingerprint density at radius 1 is 1.57 bits per heavy atom. The summed E-state index contributed by atoms with van der Waals surface area (Å²) in [6.45, 7) is 0. The molecule has 0 saturated heterocycles. The zero-order chi connectivity index (χ0) is 10.1. The summed E-state index contributed by atoms with van der Waals surface area (Å²) in [5.74, 6) is 5.20. The maximum absolute atomic E-state index is 10.3. The highest BCUT2D eigenvalue weighted by atomic mass is 16.6. The van der Waals surface area contributed by atoms with Gasteiger partial charge in [0.1, 0.15) is 6.33 Å². The molecule has 2 heterocycles. The molecule has 0 atom stereocenters. The molecule has 14 heavy (non-hydrogen) atoms. The van der Waals surface area contributed by atoms with Gasteiger partial charge >= 0.3 is 5.82 Å². The Balaban J connectivity index is 2.50. The molecule has 2 rings (SSSR count). The van der Waals surface area contributed by atoms with Crippen LogP contribution in [0.5, 0.6) is 0 Å². The fourth-order valence-electron chi connectivity index (χ4n) is 0.899. The van der Waals surface area contributed by atoms with Crippen molar-refractivity contribution >= 4 is 5.82 Å². The second-order valence-corrected chi connectivity index (χ2v) is 2.32. The molecule has 0 aliphatic heterocycles. The molecule has 72 valence electrons. The zero-order valence-corrected chi connectivity index (χ0v) is 6.68. The van der Waals surface area contributed by atoms with Crippen LogP contribution in [-0.4, -0.2) is 35.0 Å². The quantitative estimate of drug-likeness (QED) is 0.350. The van der Waals surface area contributed by atoms with Crippen molar-refractivity contribution in [3.05, 3.63) is 22.5 Å². The standard InChI is InChI=1S/C4H4N8O2/c5-11-4(10-2-6-8-9-10)1-3(7-11)12(13)14/h1-2H,5H2. The number of nitrogen functional groups attached to an aromatic ring is 1. The third-order valence-corrected chi connectivity index (χ3v) is 1.47. The molecule has 0 bridgehead atoms. The third-order valence-electron chi connectivity index (χ3n) is 1.47. The number of hydrogen-bond acceptors (Lipinski definition) is 7. The molecule has 2 aromatic rings. The van der Waals surface area contributed by atoms with E-state index in [0.717, 1.165) is 10.9 Å². The van der Waals surface area contributed by atoms with Crippen molar-refractivity contribution in [2.75, 3.05) is 5.84 Å². The smallest absolute Gasteiger partial charge is 0.358 e. The first kappa shape index (κ1) is 8.10. The lowest BCUT2D eigenvalue weighted by Crippen LogP contribution is -2.15. The van der Waals surface area contributed by atoms with Crippen LogP contribution in [0.25, 0.3) is 5.82 Å². The molecule has 10 heteroatoms. The van der Waals surface area contributed by atoms with Gasteiger partial charge in [0.05, 0.1) is 11.2 Å². The van der Waals surface area contributed by atoms with Crippen molar-refractivity contribution < 1.29 is 4.92 Å². The lowest BCUT2D eigenvalue weighted by atomic mass is 10.6. The molecule has 2 N–H and O–H groups in total. The molecule has 0 saturated carbocycles. The van der Waals surface area contributed by atoms with E-state index in [1.54, 1.807) is 0 Å². The molecule has 0 radical (unpaired) electrons. The molecule has 0 amide bonds. The van der Waals surface area contributed by atoms with E-state index < -0.39 is 4.92 Å². The largest absolute Gasteiger partial charge is 0.394 e. The maximum atomic E-state index is 10.3. The van der Waals surface area contributed by atoms with E-state index in [-0.39, 0.29) is 11.6 Å². The minimum atomic E-state index is -0.656. The van der Waals surface area contributed by atoms with Crippen molar-refractivity contribution in [3.63, 3.8) is 0 Å². The molecule has 2 aromatic heterocycles. The van der Waals surface area contributed by atoms with Crippen LogP contribution >= 0.6 is 0 Å². The van der Waals surface area contributed by atoms with Gasteiger partial charge in [-0.2, -0.15) is 4.68 Å². The van der Waals surface area contributed by atoms with Gasteiger partial charge in [-0.1, -0.05) is 4.79 Å². The summed E-state index contributed by atoms with van der Waals surface area (Å²) < 4.78 is 1.17. The van der Waals surface area contributed by atoms with Crippen LogP contribution in [0, 0.1) is 10.1 Å². The number of nitro groups is 1. The lowest BCUT2D eigenvalue weighted by molar-refractivity contribution is -0.389. The minimum absolute atomic E-state index is 0.210. The van der Waals surface area contributed by atoms with E-state index in [0.29, 0.717) is 0 Å². The van der Waals surface area contributed by atoms with Crippen LogP contribution in [0.15, 0.2) is 12.4 Å². The van der Waals surface area contributed by atoms with Crippen molar-refractivity contribution in [1.29, 1.82) is 0 Å². The predicted octanol–water partition coefficient (Wildman–Crippen LogP) is -1.52. The first-order valence-electron chi connectivity index (χ1n) is 3.41. The molecular formula is C4H4N8O2. The molecule has 0 aromatic carbocycles. The molecular weight excluding hydrogens is 192 g/mol. The number of rotatable bonds is 2. The van der Waals surface area contributed by atoms with Crippen LogP contribution in [0.1, 0.15) is 0 Å². The number of hydrogen-bond donors (Lipinski definition) is 1. The van der Waals surface area contributed by atoms with E-state index in [1.165, 1.54) is 11.0 Å². The first-order valence-corrected chi connectivity index (χ1v) is 3.41. The van der Waals surface area contributed by atoms with Gasteiger partial charge in [-0.25, -0.2) is 0 Å². The zero-order valence-electron chi connectivity index (χ0n) is 6.68. The van der Waals surface area contributed by atoms with Crippen LogP contribution in [0.3, 0.4) is 0 Å². The third kappa shape index (κ3) is 1.14. The average Bonchev–Trinajstić information content (AvgIpc) is 2.71. The summed E-state index contributed by atoms with van der Waals surface area (Å²) >= 11 is 0. The van der Waals surface area contributed by atoms with E-state index >= 15 is 0 Å². The van der Waals surface area contributed by atoms with E-state index in [2.05, 4.69) is 20.6 Å². The molecule has 0 spiro atoms. The van der Waals surface area contributed by atoms with Crippen LogP contribution in [-0.2, 0) is 0 Å². The Kier molecular flexibility index (Phi) is 1.59. The van der Waals surface area contributed by atoms with Crippen LogP contribution < -0.4 is 5.84 Å². The maximum Gasteiger partial charge on any atom is 0.394 e. The fourth-order valence-corrected chi connectivity index (χ4v) is 0.899. The highest BCUT2D eigenvalue weighted by Crippen LogP contribution is 2.11. The lowest BCUT2D eigenvalue weighted by Gasteiger charge is -1.91. The summed E-state index contributed by atoms with van der Waals surface area (Å²) in [4.78, 5) is 10.5. The second kappa shape index (κ2) is 2.76. The Bertz CT molecular complexity index is 458. The summed E-state index contributed by atoms with van der Waals surface area (Å²) in [6.07, 6.45) is 1.25. The molecule has 0 aliphatic carbocycles. The van der Waals surface area contributed by atoms with E-state index in [1.807, 2.05) is 0 Å². The Morgan fingerprint density at radius 3 is 2.86 bits per heavy atom. The number of tetrazole rings is 1. The Morgan fingerprint density at radius 2 is 2.36 bits per heavy atom. The predicted molar refractivity (Wildman–Crippen MR) is 41.7 cm³/mol. The number of nitrogens with zero attached hydrogens (tertiary/aromatic N) is 7. The summed E-state index contributed by atoms with van der Waals surface area (Å²) in [5.41, 5.74) is 0. The molecule has 10 nitrogen and oxygen atoms in total. The van der Waals surface area contributed by atoms with Gasteiger partial charge in [0.25, 0.3) is 0 Å². The summed E-state index contributed by atoms with van der Waals surface area (Å²) in [6, 6.07) is 1.16. The SMILES string of the molecule is Nn1nc([N+](=O)[O-])cc1-n1cnnn1. The molecule has 0 fully saturated rings. The highest BCUT2D eigenvalue weighted by molar-refractivity contribution is 5.31. The number of nitrogens with two attached hydrogens (primary N) is 1. The summed E-state index contributed by atoms with van der Waals surface area (Å²) in [7, 11) is 0. The van der Waals surface area contributed by atoms with Crippen LogP contribution in [0.4, 0.5) is 5.82 Å². The monoisotopic (exact) mass is 196 g/mol. The average molecular weight is 196 g/mol. The van der Waals surface area contributed by atoms with Gasteiger partial charge in [-0.15, -0.1) is 5.10 Å². The number of aromatic nitrogens is 6. The molecule has 0 aliphatic rings. The van der Waals surface area contributed by atoms with Crippen LogP contribution in [0.2, 0.25) is 0 Å². The molecule has 0 unspecified atom stereocenters. The second-order valence-electron chi connectivity index (χ2n) is 2.32. The minimum Gasteiger partial charge on any atom is -0.358 e. The Hall–Kier alpha value is -2.52. The van der Waals surface area contributed by atoms with Gasteiger partial charge in [0.15, 0.2) is 0 Å². The first-order chi connectivity index (χ1) is 6.68. The van der Waals surface area contributed by atoms with Crippen molar-refractivity contribution in [3.8, 4) is 5.82 Å². The highest BCUT2D eigenvalue weighted by Gasteiger charge is 2.18. The van der Waals surface area contributed by atoms with Crippen molar-refractivity contribution in [2.45, 2.75) is 0 Å². The van der Waals surface area contributed by atoms with Gasteiger partial charge < -0.3 is 16.0 Å². The van der Waals surface area contributed by atoms with E-state index in [9.17, 15) is 10.1 Å². The fraction of sp³-hybridized carbons (Fsp3) is 0. The van der Waals surface area contributed by atoms with Gasteiger partial charge in [-0.05, 0) is 15.4 Å². The normalized spacial score (nSPS) is 10.3. The summed E-state index contributed by atoms with van der Waals surface area (Å²) in [5, 5.41) is 24.0. The van der Waals surface area contributed by atoms with Gasteiger partial charge in [0, 0.05) is 0 Å². The van der Waals surface area contributed by atoms with Gasteiger partial charge in [0.2, 0.25) is 5.82 Å². The van der Waals surface area contributed by atoms with E-state index in [4.69, 9.17) is 5.84 Å². The van der Waals surface area contributed by atoms with Crippen molar-refractivity contribution in [1.82, 2.24) is 30.1 Å². The topological polar surface area (TPSA) is 131 Å².